The van der Waals surface area contributed by atoms with Crippen molar-refractivity contribution in [1.82, 2.24) is 0 Å². The van der Waals surface area contributed by atoms with E-state index in [9.17, 15) is 19.0 Å². The van der Waals surface area contributed by atoms with Gasteiger partial charge in [0.15, 0.2) is 6.10 Å². The first-order valence-corrected chi connectivity index (χ1v) is 25.9. The van der Waals surface area contributed by atoms with Crippen molar-refractivity contribution < 1.29 is 42.1 Å². The molecule has 1 N–H and O–H groups in total. The van der Waals surface area contributed by atoms with Crippen LogP contribution in [0.3, 0.4) is 0 Å². The number of esters is 2. The predicted molar refractivity (Wildman–Crippen MR) is 243 cm³/mol. The Morgan fingerprint density at radius 1 is 0.517 bits per heavy atom. The summed E-state index contributed by atoms with van der Waals surface area (Å²) in [6.07, 6.45) is 44.1. The molecule has 10 heteroatoms. The number of phosphoric ester groups is 1. The van der Waals surface area contributed by atoms with E-state index < -0.39 is 32.5 Å². The maximum atomic E-state index is 12.7. The average Bonchev–Trinajstić information content (AvgIpc) is 3.17. The summed E-state index contributed by atoms with van der Waals surface area (Å²) in [5, 5.41) is 0. The van der Waals surface area contributed by atoms with Gasteiger partial charge in [-0.1, -0.05) is 206 Å². The maximum Gasteiger partial charge on any atom is 0.472 e. The van der Waals surface area contributed by atoms with E-state index in [2.05, 4.69) is 19.9 Å². The molecule has 0 aromatic carbocycles. The van der Waals surface area contributed by atoms with Crippen LogP contribution in [0.4, 0.5) is 0 Å². The van der Waals surface area contributed by atoms with Gasteiger partial charge >= 0.3 is 19.8 Å². The smallest absolute Gasteiger partial charge is 0.462 e. The molecular weight excluding hydrogens is 750 g/mol. The fourth-order valence-electron chi connectivity index (χ4n) is 6.97. The van der Waals surface area contributed by atoms with Gasteiger partial charge in [0, 0.05) is 12.8 Å². The van der Waals surface area contributed by atoms with Crippen molar-refractivity contribution in [2.45, 2.75) is 238 Å². The number of unbranched alkanes of at least 4 members (excludes halogenated alkanes) is 29. The highest BCUT2D eigenvalue weighted by Crippen LogP contribution is 2.43. The van der Waals surface area contributed by atoms with Gasteiger partial charge in [0.05, 0.1) is 27.7 Å². The number of hydrogen-bond acceptors (Lipinski definition) is 7. The molecule has 2 atom stereocenters. The molecule has 0 aliphatic heterocycles. The van der Waals surface area contributed by atoms with Gasteiger partial charge in [-0.3, -0.25) is 18.6 Å². The van der Waals surface area contributed by atoms with Crippen molar-refractivity contribution in [2.75, 3.05) is 47.5 Å². The summed E-state index contributed by atoms with van der Waals surface area (Å²) in [6, 6.07) is 0. The second-order valence-corrected chi connectivity index (χ2v) is 19.3. The van der Waals surface area contributed by atoms with Crippen LogP contribution in [0, 0.1) is 0 Å². The van der Waals surface area contributed by atoms with Crippen molar-refractivity contribution in [3.8, 4) is 0 Å². The zero-order valence-electron chi connectivity index (χ0n) is 38.8. The van der Waals surface area contributed by atoms with Gasteiger partial charge in [0.1, 0.15) is 19.8 Å². The molecule has 0 saturated carbocycles. The monoisotopic (exact) mass is 845 g/mol. The van der Waals surface area contributed by atoms with Crippen LogP contribution in [-0.4, -0.2) is 74.9 Å². The van der Waals surface area contributed by atoms with Crippen molar-refractivity contribution >= 4 is 19.8 Å². The highest BCUT2D eigenvalue weighted by Gasteiger charge is 2.27. The number of ether oxygens (including phenoxy) is 2. The SMILES string of the molecule is CCCCCCCCCCCCC/C=C/CCC(=O)OC[C@H](COP(=O)(O)OCC[N+](C)(C)C)OC(=O)CCCCCCCCCCCCCCCCCCCCC. The highest BCUT2D eigenvalue weighted by molar-refractivity contribution is 7.47. The third kappa shape index (κ3) is 44.3. The molecule has 0 spiro atoms. The average molecular weight is 845 g/mol. The van der Waals surface area contributed by atoms with Crippen molar-refractivity contribution in [3.63, 3.8) is 0 Å². The number of phosphoric acid groups is 1. The maximum absolute atomic E-state index is 12.7. The van der Waals surface area contributed by atoms with Gasteiger partial charge < -0.3 is 18.9 Å². The van der Waals surface area contributed by atoms with E-state index in [1.807, 2.05) is 27.2 Å². The molecule has 0 aromatic rings. The van der Waals surface area contributed by atoms with Crippen LogP contribution in [0.5, 0.6) is 0 Å². The zero-order valence-corrected chi connectivity index (χ0v) is 39.7. The number of likely N-dealkylation sites (N-methyl/N-ethyl adjacent to an activating group) is 1. The van der Waals surface area contributed by atoms with Crippen LogP contribution < -0.4 is 0 Å². The Morgan fingerprint density at radius 2 is 0.914 bits per heavy atom. The van der Waals surface area contributed by atoms with E-state index in [-0.39, 0.29) is 26.1 Å². The normalized spacial score (nSPS) is 13.6. The van der Waals surface area contributed by atoms with Gasteiger partial charge in [-0.15, -0.1) is 0 Å². The van der Waals surface area contributed by atoms with Gasteiger partial charge in [-0.05, 0) is 25.7 Å². The Balaban J connectivity index is 4.28. The topological polar surface area (TPSA) is 108 Å². The Kier molecular flexibility index (Phi) is 40.2. The summed E-state index contributed by atoms with van der Waals surface area (Å²) in [6.45, 7) is 4.42. The number of rotatable bonds is 45. The molecule has 0 fully saturated rings. The minimum Gasteiger partial charge on any atom is -0.462 e. The van der Waals surface area contributed by atoms with Gasteiger partial charge in [0.2, 0.25) is 0 Å². The van der Waals surface area contributed by atoms with E-state index in [1.165, 1.54) is 167 Å². The second kappa shape index (κ2) is 41.1. The Morgan fingerprint density at radius 3 is 1.34 bits per heavy atom. The fraction of sp³-hybridized carbons (Fsp3) is 0.917. The van der Waals surface area contributed by atoms with Crippen molar-refractivity contribution in [2.24, 2.45) is 0 Å². The molecule has 0 aliphatic carbocycles. The first kappa shape index (κ1) is 56.8. The highest BCUT2D eigenvalue weighted by atomic mass is 31.2. The van der Waals surface area contributed by atoms with E-state index in [0.29, 0.717) is 23.9 Å². The Labute approximate surface area is 358 Å². The predicted octanol–water partition coefficient (Wildman–Crippen LogP) is 14.1. The third-order valence-corrected chi connectivity index (χ3v) is 11.8. The van der Waals surface area contributed by atoms with E-state index >= 15 is 0 Å². The molecule has 58 heavy (non-hydrogen) atoms. The fourth-order valence-corrected chi connectivity index (χ4v) is 7.72. The molecule has 0 saturated heterocycles. The molecule has 344 valence electrons. The molecule has 0 amide bonds. The Hall–Kier alpha value is -1.25. The number of carbonyl (C=O) groups excluding carboxylic acids is 2. The summed E-state index contributed by atoms with van der Waals surface area (Å²) >= 11 is 0. The van der Waals surface area contributed by atoms with Crippen molar-refractivity contribution in [3.05, 3.63) is 12.2 Å². The van der Waals surface area contributed by atoms with Crippen LogP contribution in [0.15, 0.2) is 12.2 Å². The van der Waals surface area contributed by atoms with Crippen LogP contribution in [0.25, 0.3) is 0 Å². The minimum absolute atomic E-state index is 0.0306. The summed E-state index contributed by atoms with van der Waals surface area (Å²) in [5.74, 6) is -0.841. The summed E-state index contributed by atoms with van der Waals surface area (Å²) < 4.78 is 34.3. The van der Waals surface area contributed by atoms with Gasteiger partial charge in [0.25, 0.3) is 0 Å². The molecule has 1 unspecified atom stereocenters. The molecule has 9 nitrogen and oxygen atoms in total. The molecule has 0 heterocycles. The molecule has 0 bridgehead atoms. The molecular formula is C48H95NO8P+. The summed E-state index contributed by atoms with van der Waals surface area (Å²) in [7, 11) is 1.47. The second-order valence-electron chi connectivity index (χ2n) is 17.9. The molecule has 0 aromatic heterocycles. The molecule has 0 rings (SSSR count). The number of hydrogen-bond donors (Lipinski definition) is 1. The van der Waals surface area contributed by atoms with Crippen molar-refractivity contribution in [1.29, 1.82) is 0 Å². The quantitative estimate of drug-likeness (QED) is 0.0212. The largest absolute Gasteiger partial charge is 0.472 e. The van der Waals surface area contributed by atoms with Crippen LogP contribution >= 0.6 is 7.82 Å². The first-order chi connectivity index (χ1) is 28.0. The van der Waals surface area contributed by atoms with E-state index in [4.69, 9.17) is 18.5 Å². The minimum atomic E-state index is -4.38. The number of quaternary nitrogens is 1. The first-order valence-electron chi connectivity index (χ1n) is 24.4. The van der Waals surface area contributed by atoms with E-state index in [1.54, 1.807) is 0 Å². The lowest BCUT2D eigenvalue weighted by Gasteiger charge is -2.24. The molecule has 0 radical (unpaired) electrons. The number of carbonyl (C=O) groups is 2. The summed E-state index contributed by atoms with van der Waals surface area (Å²) in [5.41, 5.74) is 0. The van der Waals surface area contributed by atoms with E-state index in [0.717, 1.165) is 25.7 Å². The third-order valence-electron chi connectivity index (χ3n) is 10.8. The van der Waals surface area contributed by atoms with Crippen LogP contribution in [0.1, 0.15) is 232 Å². The number of allylic oxidation sites excluding steroid dienone is 2. The standard InChI is InChI=1S/C48H94NO8P/c1-6-8-10-12-14-16-18-20-22-23-24-25-27-29-31-33-35-37-39-41-48(51)57-46(45-56-58(52,53)55-43-42-49(3,4)5)44-54-47(50)40-38-36-34-32-30-28-26-21-19-17-15-13-11-9-7-2/h34,36,46H,6-33,35,37-45H2,1-5H3/p+1/b36-34+/t46-/m1/s1. The molecule has 0 aliphatic rings. The lowest BCUT2D eigenvalue weighted by atomic mass is 10.0. The van der Waals surface area contributed by atoms with Crippen LogP contribution in [-0.2, 0) is 32.7 Å². The van der Waals surface area contributed by atoms with Crippen LogP contribution in [0.2, 0.25) is 0 Å². The number of nitrogens with zero attached hydrogens (tertiary/aromatic N) is 1. The zero-order chi connectivity index (χ0) is 42.8. The lowest BCUT2D eigenvalue weighted by molar-refractivity contribution is -0.870. The Bertz CT molecular complexity index is 1000. The van der Waals surface area contributed by atoms with Gasteiger partial charge in [-0.25, -0.2) is 4.57 Å². The summed E-state index contributed by atoms with van der Waals surface area (Å²) in [4.78, 5) is 35.4. The van der Waals surface area contributed by atoms with Gasteiger partial charge in [-0.2, -0.15) is 0 Å². The lowest BCUT2D eigenvalue weighted by Crippen LogP contribution is -2.37.